The Hall–Kier alpha value is -0.590. The molecule has 0 amide bonds. The Morgan fingerprint density at radius 3 is 2.64 bits per heavy atom. The van der Waals surface area contributed by atoms with Gasteiger partial charge in [0.1, 0.15) is 0 Å². The monoisotopic (exact) mass is 195 g/mol. The van der Waals surface area contributed by atoms with E-state index in [0.29, 0.717) is 0 Å². The van der Waals surface area contributed by atoms with Gasteiger partial charge in [-0.25, -0.2) is 0 Å². The van der Waals surface area contributed by atoms with Crippen LogP contribution in [-0.4, -0.2) is 37.6 Å². The number of nitrogens with one attached hydrogen (secondary N) is 1. The molecule has 1 rings (SSSR count). The number of hydrogen-bond acceptors (Lipinski definition) is 3. The van der Waals surface area contributed by atoms with Crippen LogP contribution in [0.15, 0.2) is 0 Å². The smallest absolute Gasteiger partial charge is 0.0972 e. The second-order valence-corrected chi connectivity index (χ2v) is 4.19. The van der Waals surface area contributed by atoms with E-state index in [0.717, 1.165) is 32.0 Å². The van der Waals surface area contributed by atoms with E-state index in [1.54, 1.807) is 0 Å². The van der Waals surface area contributed by atoms with Crippen LogP contribution in [0.1, 0.15) is 26.2 Å². The van der Waals surface area contributed by atoms with E-state index in [1.807, 2.05) is 0 Å². The predicted octanol–water partition coefficient (Wildman–Crippen LogP) is 1.22. The van der Waals surface area contributed by atoms with Crippen LogP contribution in [0.4, 0.5) is 0 Å². The third kappa shape index (κ3) is 3.28. The summed E-state index contributed by atoms with van der Waals surface area (Å²) in [5, 5.41) is 12.3. The van der Waals surface area contributed by atoms with Crippen LogP contribution in [0, 0.1) is 17.2 Å². The van der Waals surface area contributed by atoms with Crippen molar-refractivity contribution < 1.29 is 0 Å². The third-order valence-electron chi connectivity index (χ3n) is 3.07. The zero-order valence-corrected chi connectivity index (χ0v) is 9.29. The van der Waals surface area contributed by atoms with E-state index in [4.69, 9.17) is 5.26 Å². The molecule has 1 N–H and O–H groups in total. The molecule has 80 valence electrons. The van der Waals surface area contributed by atoms with Gasteiger partial charge in [0, 0.05) is 6.54 Å². The van der Waals surface area contributed by atoms with Crippen LogP contribution in [-0.2, 0) is 0 Å². The molecular weight excluding hydrogens is 174 g/mol. The van der Waals surface area contributed by atoms with Crippen molar-refractivity contribution in [3.05, 3.63) is 0 Å². The van der Waals surface area contributed by atoms with Crippen molar-refractivity contribution in [2.45, 2.75) is 32.2 Å². The Bertz CT molecular complexity index is 191. The first kappa shape index (κ1) is 11.5. The molecule has 0 bridgehead atoms. The fourth-order valence-corrected chi connectivity index (χ4v) is 2.10. The number of piperidine rings is 1. The molecule has 0 aromatic rings. The third-order valence-corrected chi connectivity index (χ3v) is 3.07. The summed E-state index contributed by atoms with van der Waals surface area (Å²) in [6.45, 7) is 5.43. The summed E-state index contributed by atoms with van der Waals surface area (Å²) in [6.07, 6.45) is 3.44. The molecule has 1 aliphatic rings. The van der Waals surface area contributed by atoms with Gasteiger partial charge < -0.3 is 5.32 Å². The van der Waals surface area contributed by atoms with Gasteiger partial charge in [0.15, 0.2) is 0 Å². The van der Waals surface area contributed by atoms with E-state index >= 15 is 0 Å². The Labute approximate surface area is 87.1 Å². The molecule has 0 aromatic heterocycles. The molecule has 1 unspecified atom stereocenters. The average Bonchev–Trinajstić information content (AvgIpc) is 2.21. The minimum Gasteiger partial charge on any atom is -0.317 e. The lowest BCUT2D eigenvalue weighted by atomic mass is 9.97. The fraction of sp³-hybridized carbons (Fsp3) is 0.909. The Kier molecular flexibility index (Phi) is 4.92. The Morgan fingerprint density at radius 1 is 1.50 bits per heavy atom. The largest absolute Gasteiger partial charge is 0.317 e. The van der Waals surface area contributed by atoms with Gasteiger partial charge >= 0.3 is 0 Å². The normalized spacial score (nSPS) is 20.7. The highest BCUT2D eigenvalue weighted by atomic mass is 15.1. The molecule has 1 aliphatic heterocycles. The maximum atomic E-state index is 8.92. The first-order valence-corrected chi connectivity index (χ1v) is 5.58. The molecule has 0 spiro atoms. The van der Waals surface area contributed by atoms with E-state index in [9.17, 15) is 0 Å². The Balaban J connectivity index is 2.31. The second kappa shape index (κ2) is 6.00. The summed E-state index contributed by atoms with van der Waals surface area (Å²) in [4.78, 5) is 2.20. The summed E-state index contributed by atoms with van der Waals surface area (Å²) in [5.41, 5.74) is 0. The van der Waals surface area contributed by atoms with Gasteiger partial charge in [-0.3, -0.25) is 4.90 Å². The topological polar surface area (TPSA) is 39.1 Å². The van der Waals surface area contributed by atoms with E-state index in [1.165, 1.54) is 12.8 Å². The minimum absolute atomic E-state index is 0.102. The molecule has 1 saturated heterocycles. The molecule has 3 heteroatoms. The number of nitriles is 1. The highest BCUT2D eigenvalue weighted by Gasteiger charge is 2.18. The van der Waals surface area contributed by atoms with Gasteiger partial charge in [-0.05, 0) is 45.3 Å². The van der Waals surface area contributed by atoms with Crippen molar-refractivity contribution in [3.63, 3.8) is 0 Å². The van der Waals surface area contributed by atoms with Crippen LogP contribution in [0.2, 0.25) is 0 Å². The summed E-state index contributed by atoms with van der Waals surface area (Å²) >= 11 is 0. The van der Waals surface area contributed by atoms with E-state index in [-0.39, 0.29) is 6.04 Å². The summed E-state index contributed by atoms with van der Waals surface area (Å²) in [5.74, 6) is 0.781. The summed E-state index contributed by atoms with van der Waals surface area (Å²) < 4.78 is 0. The summed E-state index contributed by atoms with van der Waals surface area (Å²) in [7, 11) is 2.07. The van der Waals surface area contributed by atoms with Gasteiger partial charge in [-0.15, -0.1) is 0 Å². The lowest BCUT2D eigenvalue weighted by Gasteiger charge is -2.29. The quantitative estimate of drug-likeness (QED) is 0.733. The van der Waals surface area contributed by atoms with Crippen LogP contribution in [0.5, 0.6) is 0 Å². The molecule has 3 nitrogen and oxygen atoms in total. The van der Waals surface area contributed by atoms with Crippen molar-refractivity contribution in [1.82, 2.24) is 10.2 Å². The van der Waals surface area contributed by atoms with Crippen LogP contribution < -0.4 is 5.32 Å². The zero-order chi connectivity index (χ0) is 10.4. The highest BCUT2D eigenvalue weighted by molar-refractivity contribution is 4.90. The van der Waals surface area contributed by atoms with Crippen LogP contribution in [0.3, 0.4) is 0 Å². The highest BCUT2D eigenvalue weighted by Crippen LogP contribution is 2.14. The lowest BCUT2D eigenvalue weighted by molar-refractivity contribution is 0.210. The van der Waals surface area contributed by atoms with Crippen molar-refractivity contribution in [2.24, 2.45) is 5.92 Å². The van der Waals surface area contributed by atoms with E-state index in [2.05, 4.69) is 30.3 Å². The lowest BCUT2D eigenvalue weighted by Crippen LogP contribution is -2.38. The number of nitrogens with zero attached hydrogens (tertiary/aromatic N) is 2. The Morgan fingerprint density at radius 2 is 2.14 bits per heavy atom. The van der Waals surface area contributed by atoms with Crippen molar-refractivity contribution >= 4 is 0 Å². The van der Waals surface area contributed by atoms with Crippen LogP contribution >= 0.6 is 0 Å². The van der Waals surface area contributed by atoms with E-state index < -0.39 is 0 Å². The maximum absolute atomic E-state index is 8.92. The standard InChI is InChI=1S/C11H21N3/c1-3-11(8-12)14(2)9-10-4-6-13-7-5-10/h10-11,13H,3-7,9H2,1-2H3. The molecule has 0 aliphatic carbocycles. The molecule has 1 fully saturated rings. The average molecular weight is 195 g/mol. The molecule has 1 atom stereocenters. The molecule has 14 heavy (non-hydrogen) atoms. The fourth-order valence-electron chi connectivity index (χ4n) is 2.10. The number of hydrogen-bond donors (Lipinski definition) is 1. The van der Waals surface area contributed by atoms with Gasteiger partial charge in [0.2, 0.25) is 0 Å². The van der Waals surface area contributed by atoms with Crippen molar-refractivity contribution in [2.75, 3.05) is 26.7 Å². The van der Waals surface area contributed by atoms with Gasteiger partial charge in [0.25, 0.3) is 0 Å². The second-order valence-electron chi connectivity index (χ2n) is 4.19. The van der Waals surface area contributed by atoms with Gasteiger partial charge in [0.05, 0.1) is 12.1 Å². The molecule has 0 radical (unpaired) electrons. The molecular formula is C11H21N3. The molecule has 1 heterocycles. The first-order valence-electron chi connectivity index (χ1n) is 5.58. The molecule has 0 aromatic carbocycles. The van der Waals surface area contributed by atoms with Gasteiger partial charge in [-0.2, -0.15) is 5.26 Å². The zero-order valence-electron chi connectivity index (χ0n) is 9.29. The van der Waals surface area contributed by atoms with Crippen molar-refractivity contribution in [1.29, 1.82) is 5.26 Å². The predicted molar refractivity (Wildman–Crippen MR) is 57.9 cm³/mol. The van der Waals surface area contributed by atoms with Gasteiger partial charge in [-0.1, -0.05) is 6.92 Å². The molecule has 0 saturated carbocycles. The maximum Gasteiger partial charge on any atom is 0.0972 e. The summed E-state index contributed by atoms with van der Waals surface area (Å²) in [6, 6.07) is 2.45. The SMILES string of the molecule is CCC(C#N)N(C)CC1CCNCC1. The van der Waals surface area contributed by atoms with Crippen molar-refractivity contribution in [3.8, 4) is 6.07 Å². The van der Waals surface area contributed by atoms with Crippen LogP contribution in [0.25, 0.3) is 0 Å². The number of rotatable bonds is 4. The minimum atomic E-state index is 0.102. The first-order chi connectivity index (χ1) is 6.77.